The molecule has 0 saturated heterocycles. The molecular formula is C11H21N5O. The van der Waals surface area contributed by atoms with Crippen molar-refractivity contribution in [1.29, 1.82) is 0 Å². The predicted molar refractivity (Wildman–Crippen MR) is 68.6 cm³/mol. The van der Waals surface area contributed by atoms with Gasteiger partial charge in [-0.25, -0.2) is 0 Å². The highest BCUT2D eigenvalue weighted by Gasteiger charge is 2.04. The maximum absolute atomic E-state index is 5.00. The Kier molecular flexibility index (Phi) is 6.06. The highest BCUT2D eigenvalue weighted by Crippen LogP contribution is 2.10. The third-order valence-corrected chi connectivity index (χ3v) is 2.33. The summed E-state index contributed by atoms with van der Waals surface area (Å²) in [5, 5.41) is 6.04. The fourth-order valence-electron chi connectivity index (χ4n) is 1.39. The van der Waals surface area contributed by atoms with Gasteiger partial charge in [0.2, 0.25) is 11.9 Å². The zero-order valence-corrected chi connectivity index (χ0v) is 10.8. The Labute approximate surface area is 102 Å². The average Bonchev–Trinajstić information content (AvgIpc) is 2.38. The standard InChI is InChI=1S/C11H21N5O/c1-4-5-6-7-8-13-10-14-9(12-2)15-11(16-10)17-3/h4-8H2,1-3H3,(H2,12,13,14,15,16). The topological polar surface area (TPSA) is 72.0 Å². The third-order valence-electron chi connectivity index (χ3n) is 2.33. The smallest absolute Gasteiger partial charge is 0.322 e. The molecule has 1 aromatic heterocycles. The van der Waals surface area contributed by atoms with E-state index in [1.807, 2.05) is 0 Å². The van der Waals surface area contributed by atoms with Crippen molar-refractivity contribution in [2.45, 2.75) is 32.6 Å². The van der Waals surface area contributed by atoms with E-state index in [1.165, 1.54) is 19.3 Å². The molecule has 0 amide bonds. The van der Waals surface area contributed by atoms with Gasteiger partial charge in [0.1, 0.15) is 0 Å². The van der Waals surface area contributed by atoms with Gasteiger partial charge < -0.3 is 15.4 Å². The van der Waals surface area contributed by atoms with Gasteiger partial charge in [-0.15, -0.1) is 0 Å². The summed E-state index contributed by atoms with van der Waals surface area (Å²) < 4.78 is 5.00. The highest BCUT2D eigenvalue weighted by atomic mass is 16.5. The molecule has 6 nitrogen and oxygen atoms in total. The van der Waals surface area contributed by atoms with Crippen molar-refractivity contribution in [3.8, 4) is 6.01 Å². The Bertz CT molecular complexity index is 309. The Balaban J connectivity index is 2.46. The fourth-order valence-corrected chi connectivity index (χ4v) is 1.39. The van der Waals surface area contributed by atoms with Crippen molar-refractivity contribution in [2.24, 2.45) is 0 Å². The van der Waals surface area contributed by atoms with Crippen molar-refractivity contribution in [3.05, 3.63) is 0 Å². The Morgan fingerprint density at radius 2 is 1.82 bits per heavy atom. The van der Waals surface area contributed by atoms with Crippen LogP contribution in [-0.2, 0) is 0 Å². The molecule has 0 bridgehead atoms. The van der Waals surface area contributed by atoms with E-state index in [-0.39, 0.29) is 0 Å². The van der Waals surface area contributed by atoms with E-state index in [1.54, 1.807) is 14.2 Å². The first kappa shape index (κ1) is 13.5. The largest absolute Gasteiger partial charge is 0.467 e. The van der Waals surface area contributed by atoms with Gasteiger partial charge in [-0.2, -0.15) is 15.0 Å². The second-order valence-corrected chi connectivity index (χ2v) is 3.71. The summed E-state index contributed by atoms with van der Waals surface area (Å²) in [6, 6.07) is 0.320. The number of methoxy groups -OCH3 is 1. The molecule has 0 saturated carbocycles. The minimum absolute atomic E-state index is 0.320. The summed E-state index contributed by atoms with van der Waals surface area (Å²) in [5.74, 6) is 1.06. The summed E-state index contributed by atoms with van der Waals surface area (Å²) in [4.78, 5) is 12.3. The number of ether oxygens (including phenoxy) is 1. The van der Waals surface area contributed by atoms with Gasteiger partial charge in [-0.05, 0) is 6.42 Å². The number of hydrogen-bond donors (Lipinski definition) is 2. The molecule has 0 radical (unpaired) electrons. The van der Waals surface area contributed by atoms with Crippen LogP contribution in [0.3, 0.4) is 0 Å². The van der Waals surface area contributed by atoms with Gasteiger partial charge in [0.25, 0.3) is 0 Å². The van der Waals surface area contributed by atoms with E-state index >= 15 is 0 Å². The second-order valence-electron chi connectivity index (χ2n) is 3.71. The molecule has 0 unspecified atom stereocenters. The lowest BCUT2D eigenvalue weighted by Crippen LogP contribution is -2.09. The maximum Gasteiger partial charge on any atom is 0.322 e. The lowest BCUT2D eigenvalue weighted by Gasteiger charge is -2.07. The molecule has 0 spiro atoms. The summed E-state index contributed by atoms with van der Waals surface area (Å²) >= 11 is 0. The molecule has 1 rings (SSSR count). The van der Waals surface area contributed by atoms with Crippen molar-refractivity contribution in [3.63, 3.8) is 0 Å². The SMILES string of the molecule is CCCCCCNc1nc(NC)nc(OC)n1. The van der Waals surface area contributed by atoms with Crippen LogP contribution >= 0.6 is 0 Å². The normalized spacial score (nSPS) is 10.1. The second kappa shape index (κ2) is 7.65. The first-order valence-corrected chi connectivity index (χ1v) is 6.01. The molecule has 17 heavy (non-hydrogen) atoms. The Hall–Kier alpha value is -1.59. The summed E-state index contributed by atoms with van der Waals surface area (Å²) in [6.45, 7) is 3.07. The van der Waals surface area contributed by atoms with Crippen LogP contribution in [-0.4, -0.2) is 35.7 Å². The molecule has 1 heterocycles. The molecular weight excluding hydrogens is 218 g/mol. The first-order valence-electron chi connectivity index (χ1n) is 6.01. The average molecular weight is 239 g/mol. The van der Waals surface area contributed by atoms with E-state index in [0.717, 1.165) is 13.0 Å². The van der Waals surface area contributed by atoms with Crippen LogP contribution < -0.4 is 15.4 Å². The van der Waals surface area contributed by atoms with E-state index in [4.69, 9.17) is 4.74 Å². The number of nitrogens with zero attached hydrogens (tertiary/aromatic N) is 3. The zero-order valence-electron chi connectivity index (χ0n) is 10.8. The number of rotatable bonds is 8. The lowest BCUT2D eigenvalue weighted by atomic mass is 10.2. The van der Waals surface area contributed by atoms with Gasteiger partial charge in [0, 0.05) is 13.6 Å². The van der Waals surface area contributed by atoms with E-state index < -0.39 is 0 Å². The van der Waals surface area contributed by atoms with Crippen LogP contribution in [0.5, 0.6) is 6.01 Å². The summed E-state index contributed by atoms with van der Waals surface area (Å²) in [6.07, 6.45) is 4.86. The van der Waals surface area contributed by atoms with Crippen LogP contribution in [0.25, 0.3) is 0 Å². The molecule has 0 aliphatic rings. The maximum atomic E-state index is 5.00. The summed E-state index contributed by atoms with van der Waals surface area (Å²) in [7, 11) is 3.31. The van der Waals surface area contributed by atoms with Crippen LogP contribution in [0.1, 0.15) is 32.6 Å². The molecule has 0 fully saturated rings. The number of anilines is 2. The Morgan fingerprint density at radius 1 is 1.06 bits per heavy atom. The molecule has 96 valence electrons. The zero-order chi connectivity index (χ0) is 12.5. The van der Waals surface area contributed by atoms with Crippen LogP contribution in [0.2, 0.25) is 0 Å². The van der Waals surface area contributed by atoms with E-state index in [0.29, 0.717) is 17.9 Å². The Morgan fingerprint density at radius 3 is 2.47 bits per heavy atom. The van der Waals surface area contributed by atoms with Gasteiger partial charge >= 0.3 is 6.01 Å². The molecule has 0 aliphatic carbocycles. The van der Waals surface area contributed by atoms with Gasteiger partial charge in [0.05, 0.1) is 7.11 Å². The quantitative estimate of drug-likeness (QED) is 0.675. The van der Waals surface area contributed by atoms with Crippen molar-refractivity contribution >= 4 is 11.9 Å². The van der Waals surface area contributed by atoms with Crippen molar-refractivity contribution in [2.75, 3.05) is 31.3 Å². The van der Waals surface area contributed by atoms with E-state index in [9.17, 15) is 0 Å². The van der Waals surface area contributed by atoms with E-state index in [2.05, 4.69) is 32.5 Å². The molecule has 0 aromatic carbocycles. The predicted octanol–water partition coefficient (Wildman–Crippen LogP) is 1.91. The van der Waals surface area contributed by atoms with Gasteiger partial charge in [-0.3, -0.25) is 0 Å². The number of unbranched alkanes of at least 4 members (excludes halogenated alkanes) is 3. The summed E-state index contributed by atoms with van der Waals surface area (Å²) in [5.41, 5.74) is 0. The molecule has 0 aliphatic heterocycles. The molecule has 0 atom stereocenters. The van der Waals surface area contributed by atoms with Gasteiger partial charge in [0.15, 0.2) is 0 Å². The highest BCUT2D eigenvalue weighted by molar-refractivity contribution is 5.35. The van der Waals surface area contributed by atoms with Crippen molar-refractivity contribution in [1.82, 2.24) is 15.0 Å². The minimum Gasteiger partial charge on any atom is -0.467 e. The molecule has 2 N–H and O–H groups in total. The molecule has 6 heteroatoms. The first-order chi connectivity index (χ1) is 8.30. The molecule has 1 aromatic rings. The van der Waals surface area contributed by atoms with Crippen LogP contribution in [0.4, 0.5) is 11.9 Å². The third kappa shape index (κ3) is 4.84. The number of nitrogens with one attached hydrogen (secondary N) is 2. The fraction of sp³-hybridized carbons (Fsp3) is 0.727. The van der Waals surface area contributed by atoms with Crippen LogP contribution in [0, 0.1) is 0 Å². The minimum atomic E-state index is 0.320. The number of hydrogen-bond acceptors (Lipinski definition) is 6. The number of aromatic nitrogens is 3. The monoisotopic (exact) mass is 239 g/mol. The lowest BCUT2D eigenvalue weighted by molar-refractivity contribution is 0.379. The van der Waals surface area contributed by atoms with Crippen molar-refractivity contribution < 1.29 is 4.74 Å². The van der Waals surface area contributed by atoms with Crippen LogP contribution in [0.15, 0.2) is 0 Å². The van der Waals surface area contributed by atoms with Gasteiger partial charge in [-0.1, -0.05) is 26.2 Å².